The third-order valence-corrected chi connectivity index (χ3v) is 4.57. The molecule has 1 N–H and O–H groups in total. The highest BCUT2D eigenvalue weighted by atomic mass is 19.1. The Morgan fingerprint density at radius 1 is 1.23 bits per heavy atom. The first kappa shape index (κ1) is 15.1. The largest absolute Gasteiger partial charge is 0.371 e. The van der Waals surface area contributed by atoms with E-state index in [4.69, 9.17) is 0 Å². The molecular formula is C18H23FN2O. The Morgan fingerprint density at radius 2 is 1.95 bits per heavy atom. The maximum Gasteiger partial charge on any atom is 0.224 e. The van der Waals surface area contributed by atoms with Crippen LogP contribution < -0.4 is 10.2 Å². The summed E-state index contributed by atoms with van der Waals surface area (Å²) in [5.41, 5.74) is 2.35. The molecule has 118 valence electrons. The Balaban J connectivity index is 1.45. The average molecular weight is 302 g/mol. The molecule has 0 bridgehead atoms. The molecule has 3 nitrogen and oxygen atoms in total. The van der Waals surface area contributed by atoms with Crippen LogP contribution in [0, 0.1) is 5.82 Å². The molecule has 0 saturated carbocycles. The lowest BCUT2D eigenvalue weighted by molar-refractivity contribution is -0.121. The number of piperidine rings is 1. The molecule has 1 amide bonds. The maximum absolute atomic E-state index is 13.0. The minimum atomic E-state index is -0.202. The number of hydrogen-bond donors (Lipinski definition) is 1. The van der Waals surface area contributed by atoms with Crippen LogP contribution in [0.3, 0.4) is 0 Å². The predicted molar refractivity (Wildman–Crippen MR) is 86.3 cm³/mol. The summed E-state index contributed by atoms with van der Waals surface area (Å²) >= 11 is 0. The van der Waals surface area contributed by atoms with Crippen LogP contribution in [0.15, 0.2) is 35.9 Å². The highest BCUT2D eigenvalue weighted by Crippen LogP contribution is 2.22. The summed E-state index contributed by atoms with van der Waals surface area (Å²) in [6.45, 7) is 1.80. The fraction of sp³-hybridized carbons (Fsp3) is 0.500. The number of rotatable bonds is 4. The molecule has 22 heavy (non-hydrogen) atoms. The van der Waals surface area contributed by atoms with E-state index >= 15 is 0 Å². The van der Waals surface area contributed by atoms with Gasteiger partial charge in [-0.2, -0.15) is 0 Å². The van der Waals surface area contributed by atoms with Gasteiger partial charge in [0.2, 0.25) is 5.91 Å². The molecule has 2 aliphatic rings. The average Bonchev–Trinajstić information content (AvgIpc) is 3.02. The summed E-state index contributed by atoms with van der Waals surface area (Å²) in [7, 11) is 0. The number of nitrogens with one attached hydrogen (secondary N) is 1. The van der Waals surface area contributed by atoms with Gasteiger partial charge in [0.05, 0.1) is 0 Å². The summed E-state index contributed by atoms with van der Waals surface area (Å²) in [6, 6.07) is 6.91. The van der Waals surface area contributed by atoms with E-state index in [-0.39, 0.29) is 17.8 Å². The van der Waals surface area contributed by atoms with E-state index in [0.29, 0.717) is 6.42 Å². The maximum atomic E-state index is 13.0. The Kier molecular flexibility index (Phi) is 4.76. The molecule has 0 unspecified atom stereocenters. The van der Waals surface area contributed by atoms with E-state index in [1.807, 2.05) is 12.1 Å². The van der Waals surface area contributed by atoms with Crippen molar-refractivity contribution in [2.75, 3.05) is 18.0 Å². The van der Waals surface area contributed by atoms with Crippen LogP contribution in [0.5, 0.6) is 0 Å². The summed E-state index contributed by atoms with van der Waals surface area (Å²) in [5, 5.41) is 3.16. The van der Waals surface area contributed by atoms with Gasteiger partial charge in [-0.15, -0.1) is 0 Å². The van der Waals surface area contributed by atoms with Crippen molar-refractivity contribution in [1.29, 1.82) is 0 Å². The first-order chi connectivity index (χ1) is 10.7. The quantitative estimate of drug-likeness (QED) is 0.865. The summed E-state index contributed by atoms with van der Waals surface area (Å²) < 4.78 is 13.0. The van der Waals surface area contributed by atoms with Gasteiger partial charge in [-0.25, -0.2) is 4.39 Å². The van der Waals surface area contributed by atoms with Crippen LogP contribution in [0.1, 0.15) is 38.5 Å². The van der Waals surface area contributed by atoms with E-state index in [1.54, 1.807) is 0 Å². The first-order valence-electron chi connectivity index (χ1n) is 8.18. The molecule has 0 aromatic heterocycles. The molecule has 1 fully saturated rings. The Bertz CT molecular complexity index is 545. The van der Waals surface area contributed by atoms with Gasteiger partial charge >= 0.3 is 0 Å². The van der Waals surface area contributed by atoms with Gasteiger partial charge in [0.25, 0.3) is 0 Å². The monoisotopic (exact) mass is 302 g/mol. The van der Waals surface area contributed by atoms with Crippen molar-refractivity contribution in [3.63, 3.8) is 0 Å². The lowest BCUT2D eigenvalue weighted by Gasteiger charge is -2.34. The summed E-state index contributed by atoms with van der Waals surface area (Å²) in [6.07, 6.45) is 8.06. The summed E-state index contributed by atoms with van der Waals surface area (Å²) in [4.78, 5) is 14.3. The van der Waals surface area contributed by atoms with E-state index in [2.05, 4.69) is 16.3 Å². The molecule has 1 aliphatic heterocycles. The van der Waals surface area contributed by atoms with Crippen molar-refractivity contribution >= 4 is 11.6 Å². The van der Waals surface area contributed by atoms with Crippen LogP contribution in [0.4, 0.5) is 10.1 Å². The first-order valence-corrected chi connectivity index (χ1v) is 8.18. The fourth-order valence-corrected chi connectivity index (χ4v) is 3.32. The van der Waals surface area contributed by atoms with Gasteiger partial charge in [-0.3, -0.25) is 4.79 Å². The SMILES string of the molecule is O=C(CC1=CCCC1)NC1CCN(c2ccc(F)cc2)CC1. The normalized spacial score (nSPS) is 19.1. The van der Waals surface area contributed by atoms with Crippen molar-refractivity contribution in [1.82, 2.24) is 5.32 Å². The van der Waals surface area contributed by atoms with Gasteiger partial charge < -0.3 is 10.2 Å². The Hall–Kier alpha value is -1.84. The van der Waals surface area contributed by atoms with Crippen molar-refractivity contribution < 1.29 is 9.18 Å². The van der Waals surface area contributed by atoms with Crippen molar-refractivity contribution in [2.45, 2.75) is 44.6 Å². The molecule has 1 saturated heterocycles. The van der Waals surface area contributed by atoms with Crippen molar-refractivity contribution in [3.8, 4) is 0 Å². The molecular weight excluding hydrogens is 279 g/mol. The number of halogens is 1. The van der Waals surface area contributed by atoms with Gasteiger partial charge in [0.15, 0.2) is 0 Å². The predicted octanol–water partition coefficient (Wildman–Crippen LogP) is 3.41. The molecule has 1 aromatic rings. The lowest BCUT2D eigenvalue weighted by Crippen LogP contribution is -2.44. The number of hydrogen-bond acceptors (Lipinski definition) is 2. The highest BCUT2D eigenvalue weighted by molar-refractivity contribution is 5.79. The molecule has 4 heteroatoms. The minimum Gasteiger partial charge on any atom is -0.371 e. The van der Waals surface area contributed by atoms with Crippen molar-refractivity contribution in [2.24, 2.45) is 0 Å². The molecule has 1 aromatic carbocycles. The lowest BCUT2D eigenvalue weighted by atomic mass is 10.0. The number of allylic oxidation sites excluding steroid dienone is 1. The smallest absolute Gasteiger partial charge is 0.224 e. The van der Waals surface area contributed by atoms with E-state index < -0.39 is 0 Å². The standard InChI is InChI=1S/C18H23FN2O/c19-15-5-7-17(8-6-15)21-11-9-16(10-12-21)20-18(22)13-14-3-1-2-4-14/h3,5-8,16H,1-2,4,9-13H2,(H,20,22). The second kappa shape index (κ2) is 6.95. The van der Waals surface area contributed by atoms with E-state index in [1.165, 1.54) is 24.1 Å². The second-order valence-electron chi connectivity index (χ2n) is 6.24. The number of carbonyl (C=O) groups is 1. The third kappa shape index (κ3) is 3.87. The van der Waals surface area contributed by atoms with Gasteiger partial charge in [-0.1, -0.05) is 11.6 Å². The molecule has 1 aliphatic carbocycles. The van der Waals surface area contributed by atoms with Crippen LogP contribution in [-0.4, -0.2) is 25.0 Å². The minimum absolute atomic E-state index is 0.161. The number of anilines is 1. The van der Waals surface area contributed by atoms with Gasteiger partial charge in [-0.05, 0) is 56.4 Å². The van der Waals surface area contributed by atoms with Crippen LogP contribution in [0.2, 0.25) is 0 Å². The fourth-order valence-electron chi connectivity index (χ4n) is 3.32. The molecule has 0 spiro atoms. The summed E-state index contributed by atoms with van der Waals surface area (Å²) in [5.74, 6) is -0.0412. The number of carbonyl (C=O) groups excluding carboxylic acids is 1. The number of benzene rings is 1. The topological polar surface area (TPSA) is 32.3 Å². The molecule has 0 atom stereocenters. The van der Waals surface area contributed by atoms with Crippen LogP contribution in [-0.2, 0) is 4.79 Å². The highest BCUT2D eigenvalue weighted by Gasteiger charge is 2.21. The van der Waals surface area contributed by atoms with E-state index in [9.17, 15) is 9.18 Å². The second-order valence-corrected chi connectivity index (χ2v) is 6.24. The van der Waals surface area contributed by atoms with Crippen LogP contribution >= 0.6 is 0 Å². The zero-order chi connectivity index (χ0) is 15.4. The van der Waals surface area contributed by atoms with Crippen molar-refractivity contribution in [3.05, 3.63) is 41.7 Å². The molecule has 3 rings (SSSR count). The Labute approximate surface area is 131 Å². The Morgan fingerprint density at radius 3 is 2.59 bits per heavy atom. The number of nitrogens with zero attached hydrogens (tertiary/aromatic N) is 1. The van der Waals surface area contributed by atoms with Crippen LogP contribution in [0.25, 0.3) is 0 Å². The van der Waals surface area contributed by atoms with Gasteiger partial charge in [0.1, 0.15) is 5.82 Å². The third-order valence-electron chi connectivity index (χ3n) is 4.57. The van der Waals surface area contributed by atoms with Gasteiger partial charge in [0, 0.05) is 31.2 Å². The zero-order valence-corrected chi connectivity index (χ0v) is 12.9. The molecule has 0 radical (unpaired) electrons. The van der Waals surface area contributed by atoms with E-state index in [0.717, 1.165) is 44.5 Å². The number of amides is 1. The molecule has 1 heterocycles. The zero-order valence-electron chi connectivity index (χ0n) is 12.9.